The molecule has 0 spiro atoms. The molecule has 1 aliphatic rings. The normalized spacial score (nSPS) is 14.1. The molecule has 0 N–H and O–H groups in total. The Morgan fingerprint density at radius 2 is 1.75 bits per heavy atom. The second-order valence-electron chi connectivity index (χ2n) is 4.80. The van der Waals surface area contributed by atoms with Gasteiger partial charge in [-0.2, -0.15) is 0 Å². The molecule has 0 saturated heterocycles. The largest absolute Gasteiger partial charge is 0.490 e. The van der Waals surface area contributed by atoms with Gasteiger partial charge in [0.25, 0.3) is 0 Å². The molecule has 2 aromatic rings. The maximum atomic E-state index is 13.1. The van der Waals surface area contributed by atoms with Crippen molar-refractivity contribution in [1.29, 1.82) is 0 Å². The SMILES string of the molecule is O=C(c1ccc(OC2CC2)cc1)c1ccc(F)c(Cl)c1. The van der Waals surface area contributed by atoms with Crippen molar-refractivity contribution in [1.82, 2.24) is 0 Å². The van der Waals surface area contributed by atoms with Crippen molar-refractivity contribution in [2.75, 3.05) is 0 Å². The Morgan fingerprint density at radius 3 is 2.35 bits per heavy atom. The molecular weight excluding hydrogens is 279 g/mol. The van der Waals surface area contributed by atoms with Gasteiger partial charge in [-0.15, -0.1) is 0 Å². The molecular formula is C16H12ClFO2. The molecule has 0 heterocycles. The Labute approximate surface area is 121 Å². The Balaban J connectivity index is 1.80. The molecule has 102 valence electrons. The molecule has 0 amide bonds. The summed E-state index contributed by atoms with van der Waals surface area (Å²) in [5, 5.41) is -0.0514. The lowest BCUT2D eigenvalue weighted by Crippen LogP contribution is -2.02. The zero-order valence-electron chi connectivity index (χ0n) is 10.6. The van der Waals surface area contributed by atoms with Crippen molar-refractivity contribution < 1.29 is 13.9 Å². The Bertz CT molecular complexity index is 648. The molecule has 0 aromatic heterocycles. The van der Waals surface area contributed by atoms with Crippen molar-refractivity contribution in [3.63, 3.8) is 0 Å². The van der Waals surface area contributed by atoms with E-state index in [0.717, 1.165) is 18.6 Å². The smallest absolute Gasteiger partial charge is 0.193 e. The molecule has 3 rings (SSSR count). The minimum Gasteiger partial charge on any atom is -0.490 e. The monoisotopic (exact) mass is 290 g/mol. The van der Waals surface area contributed by atoms with Crippen LogP contribution in [-0.2, 0) is 0 Å². The van der Waals surface area contributed by atoms with E-state index in [1.807, 2.05) is 0 Å². The fourth-order valence-corrected chi connectivity index (χ4v) is 2.05. The van der Waals surface area contributed by atoms with Gasteiger partial charge in [-0.1, -0.05) is 11.6 Å². The van der Waals surface area contributed by atoms with Crippen LogP contribution < -0.4 is 4.74 Å². The average Bonchev–Trinajstić information content (AvgIpc) is 3.26. The Morgan fingerprint density at radius 1 is 1.10 bits per heavy atom. The summed E-state index contributed by atoms with van der Waals surface area (Å²) in [6, 6.07) is 10.9. The van der Waals surface area contributed by atoms with Gasteiger partial charge in [-0.05, 0) is 55.3 Å². The van der Waals surface area contributed by atoms with E-state index >= 15 is 0 Å². The van der Waals surface area contributed by atoms with E-state index in [2.05, 4.69) is 0 Å². The number of hydrogen-bond acceptors (Lipinski definition) is 2. The summed E-state index contributed by atoms with van der Waals surface area (Å²) in [4.78, 5) is 12.2. The summed E-state index contributed by atoms with van der Waals surface area (Å²) in [7, 11) is 0. The highest BCUT2D eigenvalue weighted by atomic mass is 35.5. The summed E-state index contributed by atoms with van der Waals surface area (Å²) >= 11 is 5.69. The summed E-state index contributed by atoms with van der Waals surface area (Å²) in [6.45, 7) is 0. The summed E-state index contributed by atoms with van der Waals surface area (Å²) in [5.41, 5.74) is 0.892. The fraction of sp³-hybridized carbons (Fsp3) is 0.188. The van der Waals surface area contributed by atoms with Gasteiger partial charge in [-0.3, -0.25) is 4.79 Å². The molecule has 0 atom stereocenters. The molecule has 2 nitrogen and oxygen atoms in total. The van der Waals surface area contributed by atoms with E-state index < -0.39 is 5.82 Å². The first-order valence-electron chi connectivity index (χ1n) is 6.40. The van der Waals surface area contributed by atoms with Crippen molar-refractivity contribution in [2.45, 2.75) is 18.9 Å². The predicted molar refractivity (Wildman–Crippen MR) is 74.9 cm³/mol. The van der Waals surface area contributed by atoms with Gasteiger partial charge in [0.2, 0.25) is 0 Å². The lowest BCUT2D eigenvalue weighted by Gasteiger charge is -2.06. The highest BCUT2D eigenvalue weighted by Crippen LogP contribution is 2.27. The van der Waals surface area contributed by atoms with Crippen molar-refractivity contribution in [3.05, 3.63) is 64.4 Å². The van der Waals surface area contributed by atoms with Gasteiger partial charge in [0.05, 0.1) is 11.1 Å². The second-order valence-corrected chi connectivity index (χ2v) is 5.21. The molecule has 0 radical (unpaired) electrons. The molecule has 2 aromatic carbocycles. The minimum atomic E-state index is -0.531. The number of hydrogen-bond donors (Lipinski definition) is 0. The molecule has 0 bridgehead atoms. The Hall–Kier alpha value is -1.87. The van der Waals surface area contributed by atoms with Crippen LogP contribution in [0.25, 0.3) is 0 Å². The first-order chi connectivity index (χ1) is 9.63. The van der Waals surface area contributed by atoms with Gasteiger partial charge >= 0.3 is 0 Å². The van der Waals surface area contributed by atoms with E-state index in [4.69, 9.17) is 16.3 Å². The van der Waals surface area contributed by atoms with Crippen LogP contribution in [0.5, 0.6) is 5.75 Å². The van der Waals surface area contributed by atoms with Crippen LogP contribution in [0, 0.1) is 5.82 Å². The third kappa shape index (κ3) is 2.83. The van der Waals surface area contributed by atoms with E-state index in [9.17, 15) is 9.18 Å². The lowest BCUT2D eigenvalue weighted by molar-refractivity contribution is 0.103. The van der Waals surface area contributed by atoms with Gasteiger partial charge in [0.1, 0.15) is 11.6 Å². The quantitative estimate of drug-likeness (QED) is 0.787. The number of carbonyl (C=O) groups excluding carboxylic acids is 1. The number of halogens is 2. The molecule has 0 unspecified atom stereocenters. The highest BCUT2D eigenvalue weighted by Gasteiger charge is 2.23. The van der Waals surface area contributed by atoms with Gasteiger partial charge < -0.3 is 4.74 Å². The molecule has 4 heteroatoms. The number of ether oxygens (including phenoxy) is 1. The van der Waals surface area contributed by atoms with Gasteiger partial charge in [0.15, 0.2) is 5.78 Å². The van der Waals surface area contributed by atoms with Crippen molar-refractivity contribution in [3.8, 4) is 5.75 Å². The Kier molecular flexibility index (Phi) is 3.45. The van der Waals surface area contributed by atoms with E-state index in [0.29, 0.717) is 17.2 Å². The lowest BCUT2D eigenvalue weighted by atomic mass is 10.0. The second kappa shape index (κ2) is 5.25. The first kappa shape index (κ1) is 13.1. The first-order valence-corrected chi connectivity index (χ1v) is 6.78. The van der Waals surface area contributed by atoms with Crippen LogP contribution in [0.2, 0.25) is 5.02 Å². The van der Waals surface area contributed by atoms with E-state index in [1.54, 1.807) is 24.3 Å². The molecule has 1 aliphatic carbocycles. The molecule has 20 heavy (non-hydrogen) atoms. The number of rotatable bonds is 4. The minimum absolute atomic E-state index is 0.0514. The third-order valence-corrected chi connectivity index (χ3v) is 3.42. The number of benzene rings is 2. The van der Waals surface area contributed by atoms with Crippen LogP contribution in [0.3, 0.4) is 0 Å². The standard InChI is InChI=1S/C16H12ClFO2/c17-14-9-11(3-8-15(14)18)16(19)10-1-4-12(5-2-10)20-13-6-7-13/h1-5,8-9,13H,6-7H2. The average molecular weight is 291 g/mol. The summed E-state index contributed by atoms with van der Waals surface area (Å²) in [5.74, 6) is 0.0439. The van der Waals surface area contributed by atoms with Gasteiger partial charge in [0, 0.05) is 11.1 Å². The number of ketones is 1. The van der Waals surface area contributed by atoms with Crippen LogP contribution in [0.1, 0.15) is 28.8 Å². The van der Waals surface area contributed by atoms with E-state index in [1.165, 1.54) is 18.2 Å². The summed E-state index contributed by atoms with van der Waals surface area (Å²) in [6.07, 6.45) is 2.51. The zero-order valence-corrected chi connectivity index (χ0v) is 11.4. The van der Waals surface area contributed by atoms with Crippen LogP contribution in [-0.4, -0.2) is 11.9 Å². The molecule has 0 aliphatic heterocycles. The maximum absolute atomic E-state index is 13.1. The van der Waals surface area contributed by atoms with Crippen molar-refractivity contribution in [2.24, 2.45) is 0 Å². The van der Waals surface area contributed by atoms with Crippen LogP contribution >= 0.6 is 11.6 Å². The number of carbonyl (C=O) groups is 1. The summed E-state index contributed by atoms with van der Waals surface area (Å²) < 4.78 is 18.7. The van der Waals surface area contributed by atoms with Crippen molar-refractivity contribution >= 4 is 17.4 Å². The topological polar surface area (TPSA) is 26.3 Å². The fourth-order valence-electron chi connectivity index (χ4n) is 1.87. The molecule has 1 fully saturated rings. The van der Waals surface area contributed by atoms with E-state index in [-0.39, 0.29) is 10.8 Å². The van der Waals surface area contributed by atoms with Gasteiger partial charge in [-0.25, -0.2) is 4.39 Å². The zero-order chi connectivity index (χ0) is 14.1. The van der Waals surface area contributed by atoms with Crippen LogP contribution in [0.4, 0.5) is 4.39 Å². The third-order valence-electron chi connectivity index (χ3n) is 3.13. The molecule has 1 saturated carbocycles. The van der Waals surface area contributed by atoms with Crippen LogP contribution in [0.15, 0.2) is 42.5 Å². The maximum Gasteiger partial charge on any atom is 0.193 e. The predicted octanol–water partition coefficient (Wildman–Crippen LogP) is 4.25. The highest BCUT2D eigenvalue weighted by molar-refractivity contribution is 6.31.